The van der Waals surface area contributed by atoms with E-state index < -0.39 is 12.0 Å². The Kier molecular flexibility index (Phi) is 3.14. The number of carbonyl (C=O) groups is 2. The number of rotatable bonds is 3. The number of hydrogen-bond donors (Lipinski definition) is 1. The Morgan fingerprint density at radius 1 is 1.56 bits per heavy atom. The van der Waals surface area contributed by atoms with Gasteiger partial charge in [0.2, 0.25) is 5.91 Å². The molecule has 0 spiro atoms. The molecule has 1 aliphatic rings. The monoisotopic (exact) mass is 220 g/mol. The maximum Gasteiger partial charge on any atom is 0.329 e. The molecule has 16 heavy (non-hydrogen) atoms. The number of ether oxygens (including phenoxy) is 1. The van der Waals surface area contributed by atoms with Gasteiger partial charge in [0, 0.05) is 12.6 Å². The number of nitrogens with one attached hydrogen (secondary N) is 1. The van der Waals surface area contributed by atoms with Crippen LogP contribution in [-0.2, 0) is 20.9 Å². The second-order valence-electron chi connectivity index (χ2n) is 3.59. The van der Waals surface area contributed by atoms with Gasteiger partial charge in [0.15, 0.2) is 0 Å². The third-order valence-electron chi connectivity index (χ3n) is 2.37. The highest BCUT2D eigenvalue weighted by Gasteiger charge is 2.28. The van der Waals surface area contributed by atoms with Gasteiger partial charge in [0.1, 0.15) is 12.6 Å². The number of carbonyl (C=O) groups excluding carboxylic acids is 2. The maximum atomic E-state index is 11.5. The number of pyridine rings is 1. The van der Waals surface area contributed by atoms with E-state index in [9.17, 15) is 9.59 Å². The molecule has 1 aromatic rings. The van der Waals surface area contributed by atoms with Gasteiger partial charge in [0.25, 0.3) is 0 Å². The molecule has 1 aliphatic heterocycles. The van der Waals surface area contributed by atoms with Crippen molar-refractivity contribution in [1.29, 1.82) is 0 Å². The summed E-state index contributed by atoms with van der Waals surface area (Å²) >= 11 is 0. The SMILES string of the molecule is O=C1CC[C@@H](C(=O)OCc2ccccn2)N1. The average Bonchev–Trinajstić information content (AvgIpc) is 2.74. The highest BCUT2D eigenvalue weighted by atomic mass is 16.5. The van der Waals surface area contributed by atoms with Gasteiger partial charge in [-0.25, -0.2) is 4.79 Å². The van der Waals surface area contributed by atoms with Crippen molar-refractivity contribution >= 4 is 11.9 Å². The first-order valence-electron chi connectivity index (χ1n) is 5.11. The smallest absolute Gasteiger partial charge is 0.329 e. The van der Waals surface area contributed by atoms with E-state index in [2.05, 4.69) is 10.3 Å². The van der Waals surface area contributed by atoms with Crippen molar-refractivity contribution in [2.45, 2.75) is 25.5 Å². The molecule has 0 radical (unpaired) electrons. The van der Waals surface area contributed by atoms with E-state index in [1.165, 1.54) is 0 Å². The molecule has 84 valence electrons. The highest BCUT2D eigenvalue weighted by molar-refractivity contribution is 5.87. The van der Waals surface area contributed by atoms with Gasteiger partial charge in [0.05, 0.1) is 5.69 Å². The first-order chi connectivity index (χ1) is 7.75. The normalized spacial score (nSPS) is 19.2. The Morgan fingerprint density at radius 2 is 2.44 bits per heavy atom. The standard InChI is InChI=1S/C11H12N2O3/c14-10-5-4-9(13-10)11(15)16-7-8-3-1-2-6-12-8/h1-3,6,9H,4-5,7H2,(H,13,14)/t9-/m0/s1. The van der Waals surface area contributed by atoms with Crippen molar-refractivity contribution in [2.75, 3.05) is 0 Å². The van der Waals surface area contributed by atoms with Gasteiger partial charge in [-0.1, -0.05) is 6.07 Å². The molecule has 0 aromatic carbocycles. The fourth-order valence-electron chi connectivity index (χ4n) is 1.52. The molecule has 2 rings (SSSR count). The molecule has 1 N–H and O–H groups in total. The molecule has 0 saturated carbocycles. The lowest BCUT2D eigenvalue weighted by Gasteiger charge is -2.09. The maximum absolute atomic E-state index is 11.5. The zero-order valence-corrected chi connectivity index (χ0v) is 8.68. The summed E-state index contributed by atoms with van der Waals surface area (Å²) in [7, 11) is 0. The third-order valence-corrected chi connectivity index (χ3v) is 2.37. The number of aromatic nitrogens is 1. The van der Waals surface area contributed by atoms with E-state index in [0.29, 0.717) is 18.5 Å². The molecule has 1 atom stereocenters. The number of esters is 1. The van der Waals surface area contributed by atoms with Gasteiger partial charge >= 0.3 is 5.97 Å². The second-order valence-corrected chi connectivity index (χ2v) is 3.59. The summed E-state index contributed by atoms with van der Waals surface area (Å²) in [5.41, 5.74) is 0.695. The van der Waals surface area contributed by atoms with Gasteiger partial charge < -0.3 is 10.1 Å². The van der Waals surface area contributed by atoms with E-state index in [4.69, 9.17) is 4.74 Å². The van der Waals surface area contributed by atoms with Crippen molar-refractivity contribution in [1.82, 2.24) is 10.3 Å². The van der Waals surface area contributed by atoms with Crippen LogP contribution in [0.15, 0.2) is 24.4 Å². The first-order valence-corrected chi connectivity index (χ1v) is 5.11. The molecule has 1 saturated heterocycles. The molecular weight excluding hydrogens is 208 g/mol. The van der Waals surface area contributed by atoms with Crippen molar-refractivity contribution < 1.29 is 14.3 Å². The van der Waals surface area contributed by atoms with Gasteiger partial charge in [-0.05, 0) is 18.6 Å². The lowest BCUT2D eigenvalue weighted by atomic mass is 10.2. The Balaban J connectivity index is 1.82. The number of hydrogen-bond acceptors (Lipinski definition) is 4. The summed E-state index contributed by atoms with van der Waals surface area (Å²) in [4.78, 5) is 26.4. The topological polar surface area (TPSA) is 68.3 Å². The molecule has 0 unspecified atom stereocenters. The summed E-state index contributed by atoms with van der Waals surface area (Å²) in [5.74, 6) is -0.490. The zero-order chi connectivity index (χ0) is 11.4. The largest absolute Gasteiger partial charge is 0.458 e. The Bertz CT molecular complexity index is 391. The van der Waals surface area contributed by atoms with Crippen molar-refractivity contribution in [2.24, 2.45) is 0 Å². The molecule has 1 amide bonds. The van der Waals surface area contributed by atoms with E-state index >= 15 is 0 Å². The summed E-state index contributed by atoms with van der Waals surface area (Å²) in [5, 5.41) is 2.56. The van der Waals surface area contributed by atoms with Crippen molar-refractivity contribution in [3.8, 4) is 0 Å². The van der Waals surface area contributed by atoms with E-state index in [-0.39, 0.29) is 12.5 Å². The lowest BCUT2D eigenvalue weighted by Crippen LogP contribution is -2.34. The van der Waals surface area contributed by atoms with Crippen LogP contribution in [-0.4, -0.2) is 22.9 Å². The minimum atomic E-state index is -0.490. The van der Waals surface area contributed by atoms with Crippen LogP contribution in [0.4, 0.5) is 0 Å². The second kappa shape index (κ2) is 4.74. The van der Waals surface area contributed by atoms with Crippen molar-refractivity contribution in [3.63, 3.8) is 0 Å². The van der Waals surface area contributed by atoms with Crippen LogP contribution in [0.1, 0.15) is 18.5 Å². The first kappa shape index (κ1) is 10.6. The molecule has 0 bridgehead atoms. The molecule has 1 fully saturated rings. The molecule has 2 heterocycles. The van der Waals surface area contributed by atoms with E-state index in [1.807, 2.05) is 6.07 Å². The summed E-state index contributed by atoms with van der Waals surface area (Å²) in [6.45, 7) is 0.145. The number of nitrogens with zero attached hydrogens (tertiary/aromatic N) is 1. The molecule has 5 heteroatoms. The van der Waals surface area contributed by atoms with Crippen molar-refractivity contribution in [3.05, 3.63) is 30.1 Å². The minimum absolute atomic E-state index is 0.0974. The van der Waals surface area contributed by atoms with Crippen LogP contribution in [0.2, 0.25) is 0 Å². The third kappa shape index (κ3) is 2.56. The van der Waals surface area contributed by atoms with Gasteiger partial charge in [-0.3, -0.25) is 9.78 Å². The van der Waals surface area contributed by atoms with E-state index in [1.54, 1.807) is 18.3 Å². The fourth-order valence-corrected chi connectivity index (χ4v) is 1.52. The van der Waals surface area contributed by atoms with Crippen LogP contribution < -0.4 is 5.32 Å². The molecule has 1 aromatic heterocycles. The highest BCUT2D eigenvalue weighted by Crippen LogP contribution is 2.09. The Morgan fingerprint density at radius 3 is 3.06 bits per heavy atom. The quantitative estimate of drug-likeness (QED) is 0.749. The van der Waals surface area contributed by atoms with Crippen LogP contribution in [0.3, 0.4) is 0 Å². The predicted octanol–water partition coefficient (Wildman–Crippen LogP) is 0.403. The number of amides is 1. The fraction of sp³-hybridized carbons (Fsp3) is 0.364. The predicted molar refractivity (Wildman–Crippen MR) is 55.2 cm³/mol. The van der Waals surface area contributed by atoms with Crippen LogP contribution in [0.25, 0.3) is 0 Å². The lowest BCUT2D eigenvalue weighted by molar-refractivity contribution is -0.147. The minimum Gasteiger partial charge on any atom is -0.458 e. The summed E-state index contributed by atoms with van der Waals surface area (Å²) in [6, 6.07) is 4.91. The molecule has 5 nitrogen and oxygen atoms in total. The van der Waals surface area contributed by atoms with Gasteiger partial charge in [-0.15, -0.1) is 0 Å². The Hall–Kier alpha value is -1.91. The molecular formula is C11H12N2O3. The van der Waals surface area contributed by atoms with E-state index in [0.717, 1.165) is 0 Å². The summed E-state index contributed by atoms with van der Waals surface area (Å²) < 4.78 is 5.04. The van der Waals surface area contributed by atoms with Crippen LogP contribution in [0, 0.1) is 0 Å². The molecule has 0 aliphatic carbocycles. The van der Waals surface area contributed by atoms with Crippen LogP contribution >= 0.6 is 0 Å². The summed E-state index contributed by atoms with van der Waals surface area (Å²) in [6.07, 6.45) is 2.55. The van der Waals surface area contributed by atoms with Crippen LogP contribution in [0.5, 0.6) is 0 Å². The average molecular weight is 220 g/mol. The van der Waals surface area contributed by atoms with Gasteiger partial charge in [-0.2, -0.15) is 0 Å². The zero-order valence-electron chi connectivity index (χ0n) is 8.68. The Labute approximate surface area is 92.8 Å².